The number of hydrogen-bond donors (Lipinski definition) is 2. The van der Waals surface area contributed by atoms with E-state index in [1.807, 2.05) is 13.8 Å². The van der Waals surface area contributed by atoms with Gasteiger partial charge in [0.1, 0.15) is 0 Å². The molecule has 120 valence electrons. The number of ether oxygens (including phenoxy) is 1. The highest BCUT2D eigenvalue weighted by molar-refractivity contribution is 5.78. The lowest BCUT2D eigenvalue weighted by Crippen LogP contribution is -2.51. The highest BCUT2D eigenvalue weighted by atomic mass is 16.5. The molecule has 0 atom stereocenters. The summed E-state index contributed by atoms with van der Waals surface area (Å²) in [6, 6.07) is 0. The Morgan fingerprint density at radius 1 is 1.10 bits per heavy atom. The molecule has 0 saturated heterocycles. The number of nitrogens with one attached hydrogen (secondary N) is 1. The van der Waals surface area contributed by atoms with Crippen LogP contribution in [0.1, 0.15) is 72.6 Å². The number of amides is 1. The van der Waals surface area contributed by atoms with E-state index in [1.54, 1.807) is 7.11 Å². The molecule has 0 unspecified atom stereocenters. The van der Waals surface area contributed by atoms with Gasteiger partial charge < -0.3 is 15.8 Å². The van der Waals surface area contributed by atoms with E-state index in [4.69, 9.17) is 10.5 Å². The minimum Gasteiger partial charge on any atom is -0.385 e. The van der Waals surface area contributed by atoms with E-state index in [2.05, 4.69) is 19.2 Å². The molecule has 0 aromatic carbocycles. The van der Waals surface area contributed by atoms with Crippen LogP contribution in [0.25, 0.3) is 0 Å². The number of carbonyl (C=O) groups is 1. The van der Waals surface area contributed by atoms with Gasteiger partial charge in [-0.15, -0.1) is 0 Å². The molecule has 0 saturated carbocycles. The zero-order valence-electron chi connectivity index (χ0n) is 14.1. The molecule has 0 aliphatic carbocycles. The van der Waals surface area contributed by atoms with Gasteiger partial charge in [-0.1, -0.05) is 27.7 Å². The van der Waals surface area contributed by atoms with Crippen LogP contribution in [-0.2, 0) is 9.53 Å². The molecule has 1 amide bonds. The molecule has 0 aromatic rings. The second kappa shape index (κ2) is 9.35. The van der Waals surface area contributed by atoms with Crippen molar-refractivity contribution in [2.75, 3.05) is 13.7 Å². The summed E-state index contributed by atoms with van der Waals surface area (Å²) in [7, 11) is 1.71. The summed E-state index contributed by atoms with van der Waals surface area (Å²) in [5, 5.41) is 3.24. The van der Waals surface area contributed by atoms with Crippen LogP contribution in [-0.4, -0.2) is 30.7 Å². The van der Waals surface area contributed by atoms with Gasteiger partial charge in [0.15, 0.2) is 0 Å². The minimum absolute atomic E-state index is 0.0808. The maximum Gasteiger partial charge on any atom is 0.222 e. The average molecular weight is 286 g/mol. The van der Waals surface area contributed by atoms with Crippen molar-refractivity contribution in [1.29, 1.82) is 0 Å². The highest BCUT2D eigenvalue weighted by Crippen LogP contribution is 2.23. The lowest BCUT2D eigenvalue weighted by molar-refractivity contribution is -0.124. The minimum atomic E-state index is -0.371. The summed E-state index contributed by atoms with van der Waals surface area (Å²) in [5.74, 6) is 0.0808. The van der Waals surface area contributed by atoms with Crippen molar-refractivity contribution in [2.24, 2.45) is 5.73 Å². The summed E-state index contributed by atoms with van der Waals surface area (Å²) < 4.78 is 5.11. The Morgan fingerprint density at radius 2 is 1.65 bits per heavy atom. The summed E-state index contributed by atoms with van der Waals surface area (Å²) in [6.07, 6.45) is 5.86. The topological polar surface area (TPSA) is 64.4 Å². The lowest BCUT2D eigenvalue weighted by Gasteiger charge is -2.35. The van der Waals surface area contributed by atoms with Crippen molar-refractivity contribution in [3.8, 4) is 0 Å². The van der Waals surface area contributed by atoms with Crippen LogP contribution in [0.15, 0.2) is 0 Å². The first-order valence-electron chi connectivity index (χ1n) is 7.99. The smallest absolute Gasteiger partial charge is 0.222 e. The Bertz CT molecular complexity index is 272. The first-order valence-corrected chi connectivity index (χ1v) is 7.99. The van der Waals surface area contributed by atoms with Crippen LogP contribution in [0.4, 0.5) is 0 Å². The van der Waals surface area contributed by atoms with Gasteiger partial charge in [0.25, 0.3) is 0 Å². The van der Waals surface area contributed by atoms with Crippen LogP contribution < -0.4 is 11.1 Å². The third-order valence-corrected chi connectivity index (χ3v) is 4.68. The van der Waals surface area contributed by atoms with Gasteiger partial charge in [0.05, 0.1) is 0 Å². The fourth-order valence-electron chi connectivity index (χ4n) is 2.56. The second-order valence-electron chi connectivity index (χ2n) is 5.88. The molecule has 4 heteroatoms. The molecule has 4 nitrogen and oxygen atoms in total. The number of carbonyl (C=O) groups excluding carboxylic acids is 1. The van der Waals surface area contributed by atoms with Gasteiger partial charge >= 0.3 is 0 Å². The van der Waals surface area contributed by atoms with Crippen LogP contribution in [0.2, 0.25) is 0 Å². The molecule has 0 rings (SSSR count). The van der Waals surface area contributed by atoms with E-state index in [9.17, 15) is 4.79 Å². The van der Waals surface area contributed by atoms with Crippen molar-refractivity contribution in [3.63, 3.8) is 0 Å². The first-order chi connectivity index (χ1) is 9.40. The fraction of sp³-hybridized carbons (Fsp3) is 0.938. The van der Waals surface area contributed by atoms with Crippen molar-refractivity contribution in [2.45, 2.75) is 83.7 Å². The van der Waals surface area contributed by atoms with Crippen LogP contribution in [0.3, 0.4) is 0 Å². The molecule has 3 N–H and O–H groups in total. The molecule has 0 aromatic heterocycles. The zero-order chi connectivity index (χ0) is 15.6. The van der Waals surface area contributed by atoms with Crippen molar-refractivity contribution < 1.29 is 9.53 Å². The van der Waals surface area contributed by atoms with Gasteiger partial charge in [-0.05, 0) is 38.5 Å². The number of methoxy groups -OCH3 is 1. The van der Waals surface area contributed by atoms with Crippen LogP contribution in [0, 0.1) is 0 Å². The summed E-state index contributed by atoms with van der Waals surface area (Å²) in [4.78, 5) is 12.3. The van der Waals surface area contributed by atoms with Gasteiger partial charge in [-0.3, -0.25) is 4.79 Å². The summed E-state index contributed by atoms with van der Waals surface area (Å²) in [5.41, 5.74) is 5.76. The Hall–Kier alpha value is -0.610. The van der Waals surface area contributed by atoms with E-state index >= 15 is 0 Å². The Morgan fingerprint density at radius 3 is 2.05 bits per heavy atom. The molecule has 0 aliphatic heterocycles. The van der Waals surface area contributed by atoms with E-state index in [1.165, 1.54) is 0 Å². The van der Waals surface area contributed by atoms with Crippen molar-refractivity contribution in [3.05, 3.63) is 0 Å². The van der Waals surface area contributed by atoms with Gasteiger partial charge in [0, 0.05) is 31.2 Å². The second-order valence-corrected chi connectivity index (χ2v) is 5.88. The summed E-state index contributed by atoms with van der Waals surface area (Å²) in [6.45, 7) is 9.09. The van der Waals surface area contributed by atoms with Gasteiger partial charge in [-0.25, -0.2) is 0 Å². The zero-order valence-corrected chi connectivity index (χ0v) is 14.1. The molecule has 20 heavy (non-hydrogen) atoms. The van der Waals surface area contributed by atoms with Crippen molar-refractivity contribution >= 4 is 5.91 Å². The predicted molar refractivity (Wildman–Crippen MR) is 84.7 cm³/mol. The van der Waals surface area contributed by atoms with E-state index in [-0.39, 0.29) is 17.0 Å². The SMILES string of the molecule is CCC(N)(CC)CC(=O)NC(CC)(CC)CCCOC. The maximum atomic E-state index is 12.3. The molecule has 0 heterocycles. The van der Waals surface area contributed by atoms with E-state index in [0.717, 1.165) is 45.1 Å². The average Bonchev–Trinajstić information content (AvgIpc) is 2.46. The third kappa shape index (κ3) is 6.23. The largest absolute Gasteiger partial charge is 0.385 e. The molecule has 0 spiro atoms. The fourth-order valence-corrected chi connectivity index (χ4v) is 2.56. The number of hydrogen-bond acceptors (Lipinski definition) is 3. The quantitative estimate of drug-likeness (QED) is 0.574. The highest BCUT2D eigenvalue weighted by Gasteiger charge is 2.31. The number of nitrogens with two attached hydrogens (primary N) is 1. The van der Waals surface area contributed by atoms with Crippen LogP contribution in [0.5, 0.6) is 0 Å². The lowest BCUT2D eigenvalue weighted by atomic mass is 9.85. The normalized spacial score (nSPS) is 12.5. The Labute approximate surface area is 124 Å². The standard InChI is InChI=1S/C16H34N2O2/c1-6-15(17,7-2)13-14(19)18-16(8-3,9-4)11-10-12-20-5/h6-13,17H2,1-5H3,(H,18,19). The molecule has 0 bridgehead atoms. The van der Waals surface area contributed by atoms with Gasteiger partial charge in [0.2, 0.25) is 5.91 Å². The van der Waals surface area contributed by atoms with Gasteiger partial charge in [-0.2, -0.15) is 0 Å². The number of rotatable bonds is 11. The van der Waals surface area contributed by atoms with E-state index in [0.29, 0.717) is 6.42 Å². The Kier molecular flexibility index (Phi) is 9.06. The third-order valence-electron chi connectivity index (χ3n) is 4.68. The van der Waals surface area contributed by atoms with E-state index < -0.39 is 0 Å². The van der Waals surface area contributed by atoms with Crippen LogP contribution >= 0.6 is 0 Å². The molecule has 0 aliphatic rings. The summed E-state index contributed by atoms with van der Waals surface area (Å²) >= 11 is 0. The predicted octanol–water partition coefficient (Wildman–Crippen LogP) is 3.00. The molecular weight excluding hydrogens is 252 g/mol. The first kappa shape index (κ1) is 19.4. The monoisotopic (exact) mass is 286 g/mol. The molecular formula is C16H34N2O2. The Balaban J connectivity index is 4.61. The molecule has 0 radical (unpaired) electrons. The van der Waals surface area contributed by atoms with Crippen molar-refractivity contribution in [1.82, 2.24) is 5.32 Å². The molecule has 0 fully saturated rings. The maximum absolute atomic E-state index is 12.3.